The molecule has 0 saturated carbocycles. The van der Waals surface area contributed by atoms with Crippen molar-refractivity contribution in [2.75, 3.05) is 6.61 Å². The van der Waals surface area contributed by atoms with Crippen LogP contribution in [0.25, 0.3) is 6.08 Å². The molecule has 2 aliphatic heterocycles. The van der Waals surface area contributed by atoms with E-state index in [1.807, 2.05) is 0 Å². The maximum Gasteiger partial charge on any atom is 0.232 e. The molecule has 0 aromatic heterocycles. The minimum absolute atomic E-state index is 0.0247. The molecule has 1 saturated heterocycles. The topological polar surface area (TPSA) is 186 Å². The predicted molar refractivity (Wildman–Crippen MR) is 105 cm³/mol. The molecule has 0 radical (unpaired) electrons. The van der Waals surface area contributed by atoms with Crippen LogP contribution in [0.2, 0.25) is 0 Å². The van der Waals surface area contributed by atoms with Crippen molar-refractivity contribution in [2.45, 2.75) is 30.7 Å². The van der Waals surface area contributed by atoms with E-state index in [1.54, 1.807) is 0 Å². The zero-order valence-corrected chi connectivity index (χ0v) is 16.3. The van der Waals surface area contributed by atoms with E-state index in [2.05, 4.69) is 0 Å². The third kappa shape index (κ3) is 3.72. The smallest absolute Gasteiger partial charge is 0.232 e. The van der Waals surface area contributed by atoms with E-state index in [9.17, 15) is 40.5 Å². The number of hydrogen-bond acceptors (Lipinski definition) is 11. The van der Waals surface area contributed by atoms with Crippen LogP contribution in [-0.2, 0) is 4.74 Å². The zero-order valence-electron chi connectivity index (χ0n) is 16.3. The van der Waals surface area contributed by atoms with Gasteiger partial charge >= 0.3 is 0 Å². The Morgan fingerprint density at radius 3 is 2.34 bits per heavy atom. The highest BCUT2D eigenvalue weighted by Gasteiger charge is 2.45. The Morgan fingerprint density at radius 1 is 0.938 bits per heavy atom. The van der Waals surface area contributed by atoms with Crippen LogP contribution in [0, 0.1) is 0 Å². The third-order valence-electron chi connectivity index (χ3n) is 5.15. The fourth-order valence-corrected chi connectivity index (χ4v) is 3.39. The first-order valence-electron chi connectivity index (χ1n) is 9.50. The van der Waals surface area contributed by atoms with Gasteiger partial charge in [-0.25, -0.2) is 0 Å². The van der Waals surface area contributed by atoms with Gasteiger partial charge in [0.25, 0.3) is 0 Å². The normalized spacial score (nSPS) is 28.4. The Balaban J connectivity index is 1.65. The lowest BCUT2D eigenvalue weighted by Crippen LogP contribution is -2.60. The number of Topliss-reactive ketones (excluding diaryl/α,β-unsaturated/α-hetero) is 1. The Bertz CT molecular complexity index is 1080. The van der Waals surface area contributed by atoms with Gasteiger partial charge in [0.05, 0.1) is 12.2 Å². The highest BCUT2D eigenvalue weighted by molar-refractivity contribution is 6.15. The number of phenols is 3. The van der Waals surface area contributed by atoms with Crippen LogP contribution in [0.4, 0.5) is 0 Å². The second kappa shape index (κ2) is 8.30. The van der Waals surface area contributed by atoms with E-state index in [4.69, 9.17) is 14.2 Å². The molecular weight excluding hydrogens is 428 g/mol. The van der Waals surface area contributed by atoms with E-state index in [-0.39, 0.29) is 28.6 Å². The first kappa shape index (κ1) is 21.9. The number of aromatic hydroxyl groups is 3. The summed E-state index contributed by atoms with van der Waals surface area (Å²) in [4.78, 5) is 12.7. The molecule has 11 heteroatoms. The fraction of sp³-hybridized carbons (Fsp3) is 0.286. The minimum atomic E-state index is -1.74. The Labute approximate surface area is 180 Å². The molecule has 2 aromatic carbocycles. The van der Waals surface area contributed by atoms with Gasteiger partial charge in [-0.1, -0.05) is 6.07 Å². The molecule has 0 amide bonds. The van der Waals surface area contributed by atoms with Gasteiger partial charge < -0.3 is 50.0 Å². The van der Waals surface area contributed by atoms with Gasteiger partial charge in [0, 0.05) is 0 Å². The molecule has 11 nitrogen and oxygen atoms in total. The summed E-state index contributed by atoms with van der Waals surface area (Å²) < 4.78 is 16.3. The number of rotatable bonds is 4. The summed E-state index contributed by atoms with van der Waals surface area (Å²) in [6.07, 6.45) is -6.59. The van der Waals surface area contributed by atoms with Crippen molar-refractivity contribution in [1.82, 2.24) is 0 Å². The van der Waals surface area contributed by atoms with Gasteiger partial charge in [-0.2, -0.15) is 0 Å². The summed E-state index contributed by atoms with van der Waals surface area (Å²) in [6.45, 7) is -0.676. The molecule has 5 atom stereocenters. The average molecular weight is 448 g/mol. The van der Waals surface area contributed by atoms with Gasteiger partial charge in [-0.3, -0.25) is 4.79 Å². The molecule has 1 fully saturated rings. The molecule has 32 heavy (non-hydrogen) atoms. The number of ether oxygens (including phenoxy) is 3. The number of aliphatic hydroxyl groups is 4. The third-order valence-corrected chi connectivity index (χ3v) is 5.15. The quantitative estimate of drug-likeness (QED) is 0.238. The van der Waals surface area contributed by atoms with Crippen LogP contribution in [0.15, 0.2) is 36.1 Å². The number of allylic oxidation sites excluding steroid dienone is 1. The van der Waals surface area contributed by atoms with Crippen molar-refractivity contribution in [3.63, 3.8) is 0 Å². The van der Waals surface area contributed by atoms with Gasteiger partial charge in [0.2, 0.25) is 17.8 Å². The second-order valence-electron chi connectivity index (χ2n) is 7.29. The average Bonchev–Trinajstić information content (AvgIpc) is 3.08. The summed E-state index contributed by atoms with van der Waals surface area (Å²) >= 11 is 0. The van der Waals surface area contributed by atoms with Gasteiger partial charge in [0.1, 0.15) is 24.4 Å². The van der Waals surface area contributed by atoms with Gasteiger partial charge in [0.15, 0.2) is 28.8 Å². The van der Waals surface area contributed by atoms with E-state index in [0.717, 1.165) is 6.07 Å². The highest BCUT2D eigenvalue weighted by Crippen LogP contribution is 2.46. The van der Waals surface area contributed by atoms with Crippen LogP contribution in [0.1, 0.15) is 15.9 Å². The number of aliphatic hydroxyl groups excluding tert-OH is 4. The standard InChI is InChI=1S/C21H20O11/c22-7-14-16(27)17(28)18(29)21(31-14)32-20-11(24)4-2-9-15(26)13(30-19(9)20)6-8-1-3-10(23)12(25)5-8/h1-6,14,16-18,21-25,27-29H,7H2/t14-,16-,17+,18-,21+/m1/s1. The van der Waals surface area contributed by atoms with Crippen molar-refractivity contribution in [3.8, 4) is 28.7 Å². The largest absolute Gasteiger partial charge is 0.504 e. The number of carbonyl (C=O) groups is 1. The molecule has 0 unspecified atom stereocenters. The van der Waals surface area contributed by atoms with Gasteiger partial charge in [-0.15, -0.1) is 0 Å². The van der Waals surface area contributed by atoms with Crippen LogP contribution < -0.4 is 9.47 Å². The molecule has 0 bridgehead atoms. The number of fused-ring (bicyclic) bond motifs is 1. The number of hydrogen-bond donors (Lipinski definition) is 7. The minimum Gasteiger partial charge on any atom is -0.504 e. The summed E-state index contributed by atoms with van der Waals surface area (Å²) in [5, 5.41) is 68.6. The summed E-state index contributed by atoms with van der Waals surface area (Å²) in [5.41, 5.74) is 0.369. The second-order valence-corrected chi connectivity index (χ2v) is 7.29. The lowest BCUT2D eigenvalue weighted by molar-refractivity contribution is -0.277. The van der Waals surface area contributed by atoms with Crippen molar-refractivity contribution in [2.24, 2.45) is 0 Å². The van der Waals surface area contributed by atoms with Crippen LogP contribution in [0.5, 0.6) is 28.7 Å². The Morgan fingerprint density at radius 2 is 1.66 bits per heavy atom. The number of phenolic OH excluding ortho intramolecular Hbond substituents is 3. The lowest BCUT2D eigenvalue weighted by Gasteiger charge is -2.39. The summed E-state index contributed by atoms with van der Waals surface area (Å²) in [6, 6.07) is 6.33. The molecule has 0 aliphatic carbocycles. The van der Waals surface area contributed by atoms with Crippen molar-refractivity contribution < 1.29 is 54.8 Å². The molecule has 4 rings (SSSR count). The fourth-order valence-electron chi connectivity index (χ4n) is 3.39. The first-order chi connectivity index (χ1) is 15.2. The van der Waals surface area contributed by atoms with E-state index in [1.165, 1.54) is 30.3 Å². The number of benzene rings is 2. The van der Waals surface area contributed by atoms with Gasteiger partial charge in [-0.05, 0) is 35.9 Å². The number of ketones is 1. The summed E-state index contributed by atoms with van der Waals surface area (Å²) in [5.74, 6) is -2.48. The zero-order chi connectivity index (χ0) is 23.2. The SMILES string of the molecule is O=C1C(=Cc2ccc(O)c(O)c2)Oc2c1ccc(O)c2O[C@@H]1O[C@H](CO)[C@@H](O)[C@H](O)[C@H]1O. The molecule has 2 aromatic rings. The highest BCUT2D eigenvalue weighted by atomic mass is 16.7. The molecular formula is C21H20O11. The van der Waals surface area contributed by atoms with E-state index in [0.29, 0.717) is 5.56 Å². The van der Waals surface area contributed by atoms with Crippen LogP contribution in [-0.4, -0.2) is 78.8 Å². The first-order valence-corrected chi connectivity index (χ1v) is 9.50. The number of carbonyl (C=O) groups excluding carboxylic acids is 1. The maximum absolute atomic E-state index is 12.7. The van der Waals surface area contributed by atoms with Crippen molar-refractivity contribution in [3.05, 3.63) is 47.2 Å². The molecule has 170 valence electrons. The summed E-state index contributed by atoms with van der Waals surface area (Å²) in [7, 11) is 0. The molecule has 0 spiro atoms. The molecule has 2 heterocycles. The predicted octanol–water partition coefficient (Wildman–Crippen LogP) is -0.402. The Kier molecular flexibility index (Phi) is 5.67. The maximum atomic E-state index is 12.7. The van der Waals surface area contributed by atoms with E-state index >= 15 is 0 Å². The van der Waals surface area contributed by atoms with Crippen molar-refractivity contribution in [1.29, 1.82) is 0 Å². The van der Waals surface area contributed by atoms with Crippen LogP contribution in [0.3, 0.4) is 0 Å². The lowest BCUT2D eigenvalue weighted by atomic mass is 9.99. The molecule has 2 aliphatic rings. The monoisotopic (exact) mass is 448 g/mol. The Hall–Kier alpha value is -3.35. The van der Waals surface area contributed by atoms with Crippen LogP contribution >= 0.6 is 0 Å². The van der Waals surface area contributed by atoms with Crippen molar-refractivity contribution >= 4 is 11.9 Å². The molecule has 7 N–H and O–H groups in total. The van der Waals surface area contributed by atoms with E-state index < -0.39 is 54.6 Å².